The maximum Gasteiger partial charge on any atom is 0.224 e. The molecule has 0 amide bonds. The molecule has 0 unspecified atom stereocenters. The second-order valence-electron chi connectivity index (χ2n) is 9.01. The molecule has 0 saturated carbocycles. The van der Waals surface area contributed by atoms with Gasteiger partial charge in [0.2, 0.25) is 5.95 Å². The van der Waals surface area contributed by atoms with Crippen LogP contribution in [0.3, 0.4) is 0 Å². The zero-order chi connectivity index (χ0) is 20.9. The van der Waals surface area contributed by atoms with Gasteiger partial charge >= 0.3 is 0 Å². The maximum absolute atomic E-state index is 4.83. The Balaban J connectivity index is 1.33. The van der Waals surface area contributed by atoms with E-state index in [1.807, 2.05) is 6.20 Å². The molecule has 3 rings (SSSR count). The molecule has 5 nitrogen and oxygen atoms in total. The lowest BCUT2D eigenvalue weighted by molar-refractivity contribution is 0.217. The summed E-state index contributed by atoms with van der Waals surface area (Å²) < 4.78 is 0. The standard InChI is InChI=1S/C25H43N5/c1-2-3-4-5-6-7-8-11-18-29-21-15-23(16-22-29)27-25-26-17-14-24(28-25)30-19-12-9-10-13-20-30/h6-7,14,17,23H,2-5,8-13,15-16,18-22H2,1H3,(H,26,27,28)/b7-6-. The Hall–Kier alpha value is -1.62. The van der Waals surface area contributed by atoms with Crippen molar-refractivity contribution in [3.63, 3.8) is 0 Å². The van der Waals surface area contributed by atoms with Gasteiger partial charge in [-0.05, 0) is 64.0 Å². The van der Waals surface area contributed by atoms with Crippen molar-refractivity contribution >= 4 is 11.8 Å². The Morgan fingerprint density at radius 1 is 0.967 bits per heavy atom. The van der Waals surface area contributed by atoms with Gasteiger partial charge in [0.15, 0.2) is 0 Å². The summed E-state index contributed by atoms with van der Waals surface area (Å²) in [5.74, 6) is 1.90. The minimum atomic E-state index is 0.499. The number of unbranched alkanes of at least 4 members (excludes halogenated alkanes) is 4. The topological polar surface area (TPSA) is 44.3 Å². The Labute approximate surface area is 184 Å². The van der Waals surface area contributed by atoms with Crippen LogP contribution in [0.1, 0.15) is 84.0 Å². The van der Waals surface area contributed by atoms with Gasteiger partial charge in [0.1, 0.15) is 5.82 Å². The Morgan fingerprint density at radius 2 is 1.70 bits per heavy atom. The van der Waals surface area contributed by atoms with E-state index in [1.165, 1.54) is 96.7 Å². The number of nitrogens with one attached hydrogen (secondary N) is 1. The van der Waals surface area contributed by atoms with Crippen LogP contribution in [-0.4, -0.2) is 53.6 Å². The fourth-order valence-electron chi connectivity index (χ4n) is 4.56. The highest BCUT2D eigenvalue weighted by atomic mass is 15.2. The van der Waals surface area contributed by atoms with Gasteiger partial charge in [0.05, 0.1) is 0 Å². The molecule has 2 aliphatic heterocycles. The fourth-order valence-corrected chi connectivity index (χ4v) is 4.56. The van der Waals surface area contributed by atoms with Crippen LogP contribution in [0.15, 0.2) is 24.4 Å². The number of rotatable bonds is 11. The van der Waals surface area contributed by atoms with Crippen LogP contribution in [0, 0.1) is 0 Å². The van der Waals surface area contributed by atoms with Crippen molar-refractivity contribution in [2.45, 2.75) is 90.0 Å². The number of nitrogens with zero attached hydrogens (tertiary/aromatic N) is 4. The molecule has 2 saturated heterocycles. The molecule has 0 radical (unpaired) electrons. The highest BCUT2D eigenvalue weighted by Crippen LogP contribution is 2.20. The van der Waals surface area contributed by atoms with Gasteiger partial charge in [-0.2, -0.15) is 4.98 Å². The van der Waals surface area contributed by atoms with E-state index < -0.39 is 0 Å². The predicted octanol–water partition coefficient (Wildman–Crippen LogP) is 5.65. The number of likely N-dealkylation sites (tertiary alicyclic amines) is 1. The number of aromatic nitrogens is 2. The lowest BCUT2D eigenvalue weighted by Crippen LogP contribution is -2.39. The first-order chi connectivity index (χ1) is 14.8. The number of piperidine rings is 1. The molecule has 3 heterocycles. The number of hydrogen-bond acceptors (Lipinski definition) is 5. The molecule has 0 aromatic carbocycles. The van der Waals surface area contributed by atoms with E-state index in [-0.39, 0.29) is 0 Å². The molecule has 168 valence electrons. The van der Waals surface area contributed by atoms with Crippen molar-refractivity contribution < 1.29 is 0 Å². The van der Waals surface area contributed by atoms with Crippen LogP contribution in [0.25, 0.3) is 0 Å². The lowest BCUT2D eigenvalue weighted by atomic mass is 10.0. The summed E-state index contributed by atoms with van der Waals surface area (Å²) in [6, 6.07) is 2.57. The van der Waals surface area contributed by atoms with Crippen LogP contribution in [0.4, 0.5) is 11.8 Å². The third-order valence-electron chi connectivity index (χ3n) is 6.48. The number of allylic oxidation sites excluding steroid dienone is 2. The Kier molecular flexibility index (Phi) is 10.5. The van der Waals surface area contributed by atoms with E-state index in [0.717, 1.165) is 24.9 Å². The lowest BCUT2D eigenvalue weighted by Gasteiger charge is -2.32. The summed E-state index contributed by atoms with van der Waals surface area (Å²) in [7, 11) is 0. The number of anilines is 2. The first kappa shape index (κ1) is 23.1. The summed E-state index contributed by atoms with van der Waals surface area (Å²) in [6.07, 6.45) is 22.1. The molecule has 0 bridgehead atoms. The van der Waals surface area contributed by atoms with E-state index >= 15 is 0 Å². The van der Waals surface area contributed by atoms with Crippen molar-refractivity contribution in [1.82, 2.24) is 14.9 Å². The van der Waals surface area contributed by atoms with Gasteiger partial charge in [-0.3, -0.25) is 0 Å². The van der Waals surface area contributed by atoms with Crippen molar-refractivity contribution in [2.75, 3.05) is 42.9 Å². The zero-order valence-corrected chi connectivity index (χ0v) is 19.2. The molecule has 30 heavy (non-hydrogen) atoms. The summed E-state index contributed by atoms with van der Waals surface area (Å²) >= 11 is 0. The van der Waals surface area contributed by atoms with E-state index in [2.05, 4.69) is 45.2 Å². The normalized spacial score (nSPS) is 19.3. The minimum Gasteiger partial charge on any atom is -0.356 e. The van der Waals surface area contributed by atoms with E-state index in [4.69, 9.17) is 4.98 Å². The first-order valence-electron chi connectivity index (χ1n) is 12.6. The Bertz CT molecular complexity index is 601. The second-order valence-corrected chi connectivity index (χ2v) is 9.01. The molecule has 1 aromatic rings. The highest BCUT2D eigenvalue weighted by Gasteiger charge is 2.20. The average Bonchev–Trinajstić information content (AvgIpc) is 3.07. The van der Waals surface area contributed by atoms with Gasteiger partial charge < -0.3 is 15.1 Å². The van der Waals surface area contributed by atoms with Gasteiger partial charge in [-0.1, -0.05) is 44.8 Å². The third kappa shape index (κ3) is 8.25. The molecule has 1 aromatic heterocycles. The van der Waals surface area contributed by atoms with Crippen molar-refractivity contribution in [3.8, 4) is 0 Å². The van der Waals surface area contributed by atoms with Gasteiger partial charge in [0.25, 0.3) is 0 Å². The van der Waals surface area contributed by atoms with Crippen LogP contribution >= 0.6 is 0 Å². The first-order valence-corrected chi connectivity index (χ1v) is 12.6. The van der Waals surface area contributed by atoms with Crippen molar-refractivity contribution in [2.24, 2.45) is 0 Å². The highest BCUT2D eigenvalue weighted by molar-refractivity contribution is 5.43. The fraction of sp³-hybridized carbons (Fsp3) is 0.760. The molecule has 0 atom stereocenters. The van der Waals surface area contributed by atoms with Gasteiger partial charge in [-0.15, -0.1) is 0 Å². The summed E-state index contributed by atoms with van der Waals surface area (Å²) in [4.78, 5) is 14.4. The molecular formula is C25H43N5. The number of hydrogen-bond donors (Lipinski definition) is 1. The van der Waals surface area contributed by atoms with E-state index in [1.54, 1.807) is 0 Å². The molecule has 2 fully saturated rings. The zero-order valence-electron chi connectivity index (χ0n) is 19.2. The largest absolute Gasteiger partial charge is 0.356 e. The predicted molar refractivity (Wildman–Crippen MR) is 128 cm³/mol. The molecular weight excluding hydrogens is 370 g/mol. The van der Waals surface area contributed by atoms with Crippen LogP contribution in [0.2, 0.25) is 0 Å². The molecule has 2 aliphatic rings. The quantitative estimate of drug-likeness (QED) is 0.375. The SMILES string of the molecule is CCCCC/C=C\CCCN1CCC(Nc2nccc(N3CCCCCC3)n2)CC1. The van der Waals surface area contributed by atoms with Crippen LogP contribution in [0.5, 0.6) is 0 Å². The van der Waals surface area contributed by atoms with E-state index in [9.17, 15) is 0 Å². The minimum absolute atomic E-state index is 0.499. The molecule has 5 heteroatoms. The summed E-state index contributed by atoms with van der Waals surface area (Å²) in [5.41, 5.74) is 0. The summed E-state index contributed by atoms with van der Waals surface area (Å²) in [6.45, 7) is 8.12. The van der Waals surface area contributed by atoms with Crippen molar-refractivity contribution in [3.05, 3.63) is 24.4 Å². The molecule has 0 aliphatic carbocycles. The Morgan fingerprint density at radius 3 is 2.43 bits per heavy atom. The van der Waals surface area contributed by atoms with Crippen LogP contribution < -0.4 is 10.2 Å². The molecule has 1 N–H and O–H groups in total. The summed E-state index contributed by atoms with van der Waals surface area (Å²) in [5, 5.41) is 3.61. The van der Waals surface area contributed by atoms with Gasteiger partial charge in [-0.25, -0.2) is 4.98 Å². The maximum atomic E-state index is 4.83. The molecule has 0 spiro atoms. The van der Waals surface area contributed by atoms with E-state index in [0.29, 0.717) is 6.04 Å². The van der Waals surface area contributed by atoms with Gasteiger partial charge in [0, 0.05) is 38.4 Å². The smallest absolute Gasteiger partial charge is 0.224 e. The monoisotopic (exact) mass is 413 g/mol. The average molecular weight is 414 g/mol. The second kappa shape index (κ2) is 13.6. The third-order valence-corrected chi connectivity index (χ3v) is 6.48. The van der Waals surface area contributed by atoms with Crippen molar-refractivity contribution in [1.29, 1.82) is 0 Å². The van der Waals surface area contributed by atoms with Crippen LogP contribution in [-0.2, 0) is 0 Å².